The highest BCUT2D eigenvalue weighted by molar-refractivity contribution is 5.39. The Morgan fingerprint density at radius 2 is 1.19 bits per heavy atom. The second-order valence-corrected chi connectivity index (χ2v) is 3.94. The SMILES string of the molecule is COC(OC)(OC)c1c(C)cc(C)cc1C. The molecule has 0 bridgehead atoms. The van der Waals surface area contributed by atoms with E-state index in [0.29, 0.717) is 0 Å². The number of aryl methyl sites for hydroxylation is 3. The summed E-state index contributed by atoms with van der Waals surface area (Å²) in [4.78, 5) is 0. The van der Waals surface area contributed by atoms with Crippen molar-refractivity contribution in [2.45, 2.75) is 26.7 Å². The van der Waals surface area contributed by atoms with Gasteiger partial charge in [-0.1, -0.05) is 17.7 Å². The topological polar surface area (TPSA) is 27.7 Å². The summed E-state index contributed by atoms with van der Waals surface area (Å²) in [5.74, 6) is -1.11. The molecule has 0 aliphatic rings. The van der Waals surface area contributed by atoms with Crippen LogP contribution in [0.1, 0.15) is 22.3 Å². The van der Waals surface area contributed by atoms with Gasteiger partial charge in [0, 0.05) is 26.9 Å². The van der Waals surface area contributed by atoms with Crippen LogP contribution in [-0.4, -0.2) is 21.3 Å². The van der Waals surface area contributed by atoms with Crippen LogP contribution in [-0.2, 0) is 20.2 Å². The molecule has 3 nitrogen and oxygen atoms in total. The summed E-state index contributed by atoms with van der Waals surface area (Å²) in [5, 5.41) is 0. The summed E-state index contributed by atoms with van der Waals surface area (Å²) >= 11 is 0. The van der Waals surface area contributed by atoms with Crippen LogP contribution in [0.4, 0.5) is 0 Å². The lowest BCUT2D eigenvalue weighted by Crippen LogP contribution is -2.34. The standard InChI is InChI=1S/C13H20O3/c1-9-7-10(2)12(11(3)8-9)13(14-4,15-5)16-6/h7-8H,1-6H3. The van der Waals surface area contributed by atoms with E-state index in [-0.39, 0.29) is 0 Å². The first kappa shape index (κ1) is 13.2. The molecule has 0 aromatic heterocycles. The molecule has 0 unspecified atom stereocenters. The molecule has 1 aromatic carbocycles. The van der Waals surface area contributed by atoms with E-state index >= 15 is 0 Å². The summed E-state index contributed by atoms with van der Waals surface area (Å²) in [5.41, 5.74) is 4.35. The van der Waals surface area contributed by atoms with Gasteiger partial charge in [-0.3, -0.25) is 0 Å². The Bertz CT molecular complexity index is 336. The molecule has 0 aliphatic carbocycles. The fourth-order valence-corrected chi connectivity index (χ4v) is 2.22. The monoisotopic (exact) mass is 224 g/mol. The molecule has 0 amide bonds. The summed E-state index contributed by atoms with van der Waals surface area (Å²) in [6.45, 7) is 6.13. The molecule has 90 valence electrons. The van der Waals surface area contributed by atoms with E-state index in [1.165, 1.54) is 5.56 Å². The number of hydrogen-bond acceptors (Lipinski definition) is 3. The highest BCUT2D eigenvalue weighted by atomic mass is 16.9. The van der Waals surface area contributed by atoms with Gasteiger partial charge in [0.15, 0.2) is 0 Å². The maximum Gasteiger partial charge on any atom is 0.311 e. The summed E-state index contributed by atoms with van der Waals surface area (Å²) in [6, 6.07) is 4.18. The Kier molecular flexibility index (Phi) is 4.08. The van der Waals surface area contributed by atoms with E-state index in [4.69, 9.17) is 14.2 Å². The average molecular weight is 224 g/mol. The maximum absolute atomic E-state index is 5.38. The van der Waals surface area contributed by atoms with Gasteiger partial charge in [-0.05, 0) is 31.9 Å². The van der Waals surface area contributed by atoms with Gasteiger partial charge in [0.1, 0.15) is 0 Å². The highest BCUT2D eigenvalue weighted by Gasteiger charge is 2.35. The van der Waals surface area contributed by atoms with Crippen LogP contribution < -0.4 is 0 Å². The van der Waals surface area contributed by atoms with Crippen LogP contribution in [0.5, 0.6) is 0 Å². The lowest BCUT2D eigenvalue weighted by atomic mass is 9.98. The molecule has 16 heavy (non-hydrogen) atoms. The quantitative estimate of drug-likeness (QED) is 0.736. The summed E-state index contributed by atoms with van der Waals surface area (Å²) < 4.78 is 16.1. The molecule has 1 rings (SSSR count). The van der Waals surface area contributed by atoms with Crippen LogP contribution in [0, 0.1) is 20.8 Å². The Morgan fingerprint density at radius 1 is 0.812 bits per heavy atom. The van der Waals surface area contributed by atoms with Gasteiger partial charge < -0.3 is 14.2 Å². The van der Waals surface area contributed by atoms with E-state index in [2.05, 4.69) is 19.1 Å². The van der Waals surface area contributed by atoms with Crippen molar-refractivity contribution in [3.63, 3.8) is 0 Å². The van der Waals surface area contributed by atoms with E-state index in [9.17, 15) is 0 Å². The Labute approximate surface area is 97.3 Å². The number of hydrogen-bond donors (Lipinski definition) is 0. The first-order valence-corrected chi connectivity index (χ1v) is 5.24. The summed E-state index contributed by atoms with van der Waals surface area (Å²) in [6.07, 6.45) is 0. The Hall–Kier alpha value is -0.900. The van der Waals surface area contributed by atoms with Crippen LogP contribution in [0.15, 0.2) is 12.1 Å². The Morgan fingerprint density at radius 3 is 1.50 bits per heavy atom. The molecule has 0 heterocycles. The van der Waals surface area contributed by atoms with Gasteiger partial charge in [0.05, 0.1) is 0 Å². The van der Waals surface area contributed by atoms with Crippen molar-refractivity contribution in [1.29, 1.82) is 0 Å². The molecule has 0 atom stereocenters. The predicted octanol–water partition coefficient (Wildman–Crippen LogP) is 2.66. The number of benzene rings is 1. The van der Waals surface area contributed by atoms with Gasteiger partial charge in [-0.2, -0.15) is 0 Å². The van der Waals surface area contributed by atoms with Gasteiger partial charge in [-0.15, -0.1) is 0 Å². The molecule has 0 saturated carbocycles. The largest absolute Gasteiger partial charge is 0.327 e. The number of methoxy groups -OCH3 is 3. The summed E-state index contributed by atoms with van der Waals surface area (Å²) in [7, 11) is 4.73. The van der Waals surface area contributed by atoms with Crippen LogP contribution >= 0.6 is 0 Å². The molecule has 0 saturated heterocycles. The van der Waals surface area contributed by atoms with Crippen LogP contribution in [0.3, 0.4) is 0 Å². The fourth-order valence-electron chi connectivity index (χ4n) is 2.22. The van der Waals surface area contributed by atoms with Crippen LogP contribution in [0.2, 0.25) is 0 Å². The second kappa shape index (κ2) is 4.95. The van der Waals surface area contributed by atoms with Gasteiger partial charge in [0.25, 0.3) is 0 Å². The maximum atomic E-state index is 5.38. The van der Waals surface area contributed by atoms with Crippen molar-refractivity contribution in [3.05, 3.63) is 34.4 Å². The van der Waals surface area contributed by atoms with Crippen molar-refractivity contribution < 1.29 is 14.2 Å². The fraction of sp³-hybridized carbons (Fsp3) is 0.538. The molecule has 1 aromatic rings. The zero-order valence-corrected chi connectivity index (χ0v) is 10.9. The molecule has 0 N–H and O–H groups in total. The predicted molar refractivity (Wildman–Crippen MR) is 63.4 cm³/mol. The zero-order valence-electron chi connectivity index (χ0n) is 10.9. The van der Waals surface area contributed by atoms with E-state index in [0.717, 1.165) is 16.7 Å². The van der Waals surface area contributed by atoms with Crippen molar-refractivity contribution in [3.8, 4) is 0 Å². The minimum absolute atomic E-state index is 0.936. The lowest BCUT2D eigenvalue weighted by molar-refractivity contribution is -0.365. The van der Waals surface area contributed by atoms with E-state index in [1.54, 1.807) is 21.3 Å². The molecule has 0 fully saturated rings. The van der Waals surface area contributed by atoms with Gasteiger partial charge in [-0.25, -0.2) is 0 Å². The normalized spacial score (nSPS) is 11.9. The van der Waals surface area contributed by atoms with E-state index < -0.39 is 5.97 Å². The molecule has 0 spiro atoms. The third kappa shape index (κ3) is 2.12. The highest BCUT2D eigenvalue weighted by Crippen LogP contribution is 2.32. The number of ether oxygens (including phenoxy) is 3. The zero-order chi connectivity index (χ0) is 12.3. The Balaban J connectivity index is 3.40. The lowest BCUT2D eigenvalue weighted by Gasteiger charge is -2.31. The minimum Gasteiger partial charge on any atom is -0.327 e. The van der Waals surface area contributed by atoms with Gasteiger partial charge >= 0.3 is 5.97 Å². The van der Waals surface area contributed by atoms with Crippen LogP contribution in [0.25, 0.3) is 0 Å². The second-order valence-electron chi connectivity index (χ2n) is 3.94. The molecule has 0 aliphatic heterocycles. The van der Waals surface area contributed by atoms with E-state index in [1.807, 2.05) is 13.8 Å². The third-order valence-electron chi connectivity index (χ3n) is 2.79. The van der Waals surface area contributed by atoms with Crippen molar-refractivity contribution in [2.24, 2.45) is 0 Å². The van der Waals surface area contributed by atoms with Crippen molar-refractivity contribution >= 4 is 0 Å². The molecule has 3 heteroatoms. The third-order valence-corrected chi connectivity index (χ3v) is 2.79. The van der Waals surface area contributed by atoms with Crippen molar-refractivity contribution in [2.75, 3.05) is 21.3 Å². The molecule has 0 radical (unpaired) electrons. The smallest absolute Gasteiger partial charge is 0.311 e. The molecular weight excluding hydrogens is 204 g/mol. The minimum atomic E-state index is -1.11. The molecular formula is C13H20O3. The average Bonchev–Trinajstić information content (AvgIpc) is 2.23. The number of rotatable bonds is 4. The van der Waals surface area contributed by atoms with Gasteiger partial charge in [0.2, 0.25) is 0 Å². The first-order valence-electron chi connectivity index (χ1n) is 5.24. The van der Waals surface area contributed by atoms with Crippen molar-refractivity contribution in [1.82, 2.24) is 0 Å². The first-order chi connectivity index (χ1) is 7.50.